The Morgan fingerprint density at radius 3 is 2.53 bits per heavy atom. The zero-order valence-corrected chi connectivity index (χ0v) is 19.5. The molecule has 1 aliphatic rings. The van der Waals surface area contributed by atoms with Crippen LogP contribution in [0.15, 0.2) is 71.8 Å². The highest BCUT2D eigenvalue weighted by atomic mass is 32.2. The first-order valence-corrected chi connectivity index (χ1v) is 12.2. The quantitative estimate of drug-likeness (QED) is 0.508. The molecule has 178 valence electrons. The fraction of sp³-hybridized carbons (Fsp3) is 0.250. The number of para-hydroxylation sites is 2. The van der Waals surface area contributed by atoms with E-state index in [9.17, 15) is 13.2 Å². The molecule has 3 aromatic rings. The van der Waals surface area contributed by atoms with Gasteiger partial charge in [-0.25, -0.2) is 13.4 Å². The van der Waals surface area contributed by atoms with E-state index in [4.69, 9.17) is 9.47 Å². The van der Waals surface area contributed by atoms with E-state index < -0.39 is 10.0 Å². The highest BCUT2D eigenvalue weighted by molar-refractivity contribution is 7.89. The van der Waals surface area contributed by atoms with Gasteiger partial charge in [0.15, 0.2) is 0 Å². The summed E-state index contributed by atoms with van der Waals surface area (Å²) in [6.45, 7) is 1.71. The number of carbonyl (C=O) groups excluding carboxylic acids is 1. The van der Waals surface area contributed by atoms with Gasteiger partial charge < -0.3 is 20.1 Å². The van der Waals surface area contributed by atoms with Crippen molar-refractivity contribution in [1.29, 1.82) is 0 Å². The number of rotatable bonds is 8. The molecule has 0 radical (unpaired) electrons. The number of carbonyl (C=O) groups is 1. The Hall–Kier alpha value is -3.47. The highest BCUT2D eigenvalue weighted by Gasteiger charge is 2.26. The van der Waals surface area contributed by atoms with Crippen LogP contribution in [0.4, 0.5) is 11.5 Å². The van der Waals surface area contributed by atoms with Crippen molar-refractivity contribution in [3.05, 3.63) is 78.0 Å². The van der Waals surface area contributed by atoms with Crippen LogP contribution >= 0.6 is 0 Å². The van der Waals surface area contributed by atoms with Gasteiger partial charge in [0.25, 0.3) is 5.91 Å². The summed E-state index contributed by atoms with van der Waals surface area (Å²) < 4.78 is 37.5. The Kier molecular flexibility index (Phi) is 7.41. The molecule has 0 saturated carbocycles. The number of benzene rings is 2. The van der Waals surface area contributed by atoms with Gasteiger partial charge >= 0.3 is 0 Å². The minimum Gasteiger partial charge on any atom is -0.495 e. The van der Waals surface area contributed by atoms with Crippen molar-refractivity contribution in [2.45, 2.75) is 11.4 Å². The lowest BCUT2D eigenvalue weighted by molar-refractivity contribution is 0.0730. The first-order valence-electron chi connectivity index (χ1n) is 10.8. The number of anilines is 2. The molecule has 0 unspecified atom stereocenters. The molecule has 1 amide bonds. The molecule has 2 aromatic carbocycles. The fourth-order valence-electron chi connectivity index (χ4n) is 3.56. The maximum atomic E-state index is 12.9. The van der Waals surface area contributed by atoms with Crippen molar-refractivity contribution in [2.24, 2.45) is 0 Å². The Bertz CT molecular complexity index is 1240. The lowest BCUT2D eigenvalue weighted by atomic mass is 10.2. The number of aromatic nitrogens is 1. The molecule has 0 atom stereocenters. The summed E-state index contributed by atoms with van der Waals surface area (Å²) in [6.07, 6.45) is 1.60. The standard InChI is InChI=1S/C24H26N4O5S/c1-32-22-7-3-2-6-21(22)27-23-20(5-4-12-25-23)24(29)26-17-18-8-10-19(11-9-18)34(30,31)28-13-15-33-16-14-28/h2-12H,13-17H2,1H3,(H,25,27)(H,26,29). The van der Waals surface area contributed by atoms with E-state index >= 15 is 0 Å². The van der Waals surface area contributed by atoms with E-state index in [1.54, 1.807) is 49.7 Å². The molecular formula is C24H26N4O5S. The molecule has 2 heterocycles. The second-order valence-corrected chi connectivity index (χ2v) is 9.51. The number of nitrogens with one attached hydrogen (secondary N) is 2. The predicted molar refractivity (Wildman–Crippen MR) is 128 cm³/mol. The number of morpholine rings is 1. The minimum atomic E-state index is -3.56. The third kappa shape index (κ3) is 5.36. The van der Waals surface area contributed by atoms with E-state index in [0.29, 0.717) is 49.1 Å². The van der Waals surface area contributed by atoms with Crippen LogP contribution in [0.25, 0.3) is 0 Å². The van der Waals surface area contributed by atoms with Gasteiger partial charge in [-0.3, -0.25) is 4.79 Å². The summed E-state index contributed by atoms with van der Waals surface area (Å²) in [4.78, 5) is 17.4. The predicted octanol–water partition coefficient (Wildman–Crippen LogP) is 2.78. The molecule has 1 aromatic heterocycles. The number of hydrogen-bond acceptors (Lipinski definition) is 7. The van der Waals surface area contributed by atoms with Crippen molar-refractivity contribution >= 4 is 27.4 Å². The van der Waals surface area contributed by atoms with Gasteiger partial charge in [-0.15, -0.1) is 0 Å². The summed E-state index contributed by atoms with van der Waals surface area (Å²) in [5, 5.41) is 6.01. The van der Waals surface area contributed by atoms with Crippen molar-refractivity contribution < 1.29 is 22.7 Å². The Morgan fingerprint density at radius 2 is 1.79 bits per heavy atom. The second kappa shape index (κ2) is 10.6. The summed E-state index contributed by atoms with van der Waals surface area (Å²) in [5.74, 6) is 0.721. The van der Waals surface area contributed by atoms with Gasteiger partial charge in [0.2, 0.25) is 10.0 Å². The van der Waals surface area contributed by atoms with E-state index in [0.717, 1.165) is 5.56 Å². The van der Waals surface area contributed by atoms with Crippen molar-refractivity contribution in [1.82, 2.24) is 14.6 Å². The number of hydrogen-bond donors (Lipinski definition) is 2. The lowest BCUT2D eigenvalue weighted by Crippen LogP contribution is -2.40. The van der Waals surface area contributed by atoms with Crippen LogP contribution < -0.4 is 15.4 Å². The van der Waals surface area contributed by atoms with Gasteiger partial charge in [-0.1, -0.05) is 24.3 Å². The normalized spacial score (nSPS) is 14.4. The maximum Gasteiger partial charge on any atom is 0.255 e. The van der Waals surface area contributed by atoms with E-state index in [1.165, 1.54) is 4.31 Å². The first-order chi connectivity index (χ1) is 16.5. The van der Waals surface area contributed by atoms with Crippen LogP contribution in [0, 0.1) is 0 Å². The van der Waals surface area contributed by atoms with Crippen LogP contribution in [0.1, 0.15) is 15.9 Å². The number of sulfonamides is 1. The molecule has 1 saturated heterocycles. The van der Waals surface area contributed by atoms with E-state index in [-0.39, 0.29) is 17.3 Å². The van der Waals surface area contributed by atoms with Gasteiger partial charge in [-0.2, -0.15) is 4.31 Å². The Labute approximate surface area is 198 Å². The third-order valence-electron chi connectivity index (χ3n) is 5.40. The molecule has 4 rings (SSSR count). The Balaban J connectivity index is 1.42. The number of nitrogens with zero attached hydrogens (tertiary/aromatic N) is 2. The number of ether oxygens (including phenoxy) is 2. The van der Waals surface area contributed by atoms with Gasteiger partial charge in [0.1, 0.15) is 11.6 Å². The minimum absolute atomic E-state index is 0.222. The second-order valence-electron chi connectivity index (χ2n) is 7.57. The van der Waals surface area contributed by atoms with Crippen LogP contribution in [-0.4, -0.2) is 57.0 Å². The molecule has 0 spiro atoms. The van der Waals surface area contributed by atoms with Crippen molar-refractivity contribution in [3.8, 4) is 5.75 Å². The van der Waals surface area contributed by atoms with Crippen molar-refractivity contribution in [2.75, 3.05) is 38.7 Å². The average Bonchev–Trinajstić information content (AvgIpc) is 2.88. The summed E-state index contributed by atoms with van der Waals surface area (Å²) in [6, 6.07) is 17.2. The third-order valence-corrected chi connectivity index (χ3v) is 7.31. The van der Waals surface area contributed by atoms with Crippen LogP contribution in [0.2, 0.25) is 0 Å². The monoisotopic (exact) mass is 482 g/mol. The average molecular weight is 483 g/mol. The Morgan fingerprint density at radius 1 is 1.06 bits per heavy atom. The summed E-state index contributed by atoms with van der Waals surface area (Å²) >= 11 is 0. The molecule has 0 aliphatic carbocycles. The smallest absolute Gasteiger partial charge is 0.255 e. The van der Waals surface area contributed by atoms with Crippen LogP contribution in [0.5, 0.6) is 5.75 Å². The van der Waals surface area contributed by atoms with E-state index in [2.05, 4.69) is 15.6 Å². The topological polar surface area (TPSA) is 110 Å². The largest absolute Gasteiger partial charge is 0.495 e. The van der Waals surface area contributed by atoms with Crippen LogP contribution in [0.3, 0.4) is 0 Å². The van der Waals surface area contributed by atoms with Gasteiger partial charge in [0.05, 0.1) is 36.5 Å². The fourth-order valence-corrected chi connectivity index (χ4v) is 4.96. The molecule has 0 bridgehead atoms. The zero-order valence-electron chi connectivity index (χ0n) is 18.7. The molecule has 10 heteroatoms. The van der Waals surface area contributed by atoms with Gasteiger partial charge in [0, 0.05) is 25.8 Å². The maximum absolute atomic E-state index is 12.9. The molecule has 1 aliphatic heterocycles. The summed E-state index contributed by atoms with van der Waals surface area (Å²) in [7, 11) is -1.98. The summed E-state index contributed by atoms with van der Waals surface area (Å²) in [5.41, 5.74) is 1.84. The molecule has 34 heavy (non-hydrogen) atoms. The van der Waals surface area contributed by atoms with E-state index in [1.807, 2.05) is 24.3 Å². The lowest BCUT2D eigenvalue weighted by Gasteiger charge is -2.26. The van der Waals surface area contributed by atoms with Crippen molar-refractivity contribution in [3.63, 3.8) is 0 Å². The first kappa shape index (κ1) is 23.7. The molecule has 1 fully saturated rings. The molecule has 9 nitrogen and oxygen atoms in total. The SMILES string of the molecule is COc1ccccc1Nc1ncccc1C(=O)NCc1ccc(S(=O)(=O)N2CCOCC2)cc1. The molecule has 2 N–H and O–H groups in total. The number of pyridine rings is 1. The number of amides is 1. The zero-order chi connectivity index (χ0) is 24.0. The van der Waals surface area contributed by atoms with Gasteiger partial charge in [-0.05, 0) is 42.0 Å². The number of methoxy groups -OCH3 is 1. The highest BCUT2D eigenvalue weighted by Crippen LogP contribution is 2.27. The van der Waals surface area contributed by atoms with Crippen LogP contribution in [-0.2, 0) is 21.3 Å². The molecular weight excluding hydrogens is 456 g/mol.